The van der Waals surface area contributed by atoms with Crippen LogP contribution in [0.2, 0.25) is 0 Å². The van der Waals surface area contributed by atoms with Gasteiger partial charge >= 0.3 is 0 Å². The molecule has 2 rings (SSSR count). The Morgan fingerprint density at radius 3 is 2.10 bits per heavy atom. The van der Waals surface area contributed by atoms with E-state index in [-0.39, 0.29) is 12.5 Å². The summed E-state index contributed by atoms with van der Waals surface area (Å²) in [6.45, 7) is 2.07. The van der Waals surface area contributed by atoms with Crippen molar-refractivity contribution in [3.05, 3.63) is 54.1 Å². The molecule has 104 valence electrons. The summed E-state index contributed by atoms with van der Waals surface area (Å²) < 4.78 is 10.5. The molecule has 0 unspecified atom stereocenters. The summed E-state index contributed by atoms with van der Waals surface area (Å²) in [5, 5.41) is 2.72. The van der Waals surface area contributed by atoms with Crippen molar-refractivity contribution in [1.29, 1.82) is 0 Å². The summed E-state index contributed by atoms with van der Waals surface area (Å²) in [6, 6.07) is 15.0. The maximum absolute atomic E-state index is 11.4. The van der Waals surface area contributed by atoms with E-state index in [0.717, 1.165) is 11.5 Å². The molecule has 0 saturated heterocycles. The van der Waals surface area contributed by atoms with Crippen LogP contribution in [0.1, 0.15) is 5.56 Å². The fourth-order valence-corrected chi connectivity index (χ4v) is 1.68. The number of methoxy groups -OCH3 is 1. The number of hydrogen-bond acceptors (Lipinski definition) is 3. The predicted molar refractivity (Wildman–Crippen MR) is 78.2 cm³/mol. The second-order valence-electron chi connectivity index (χ2n) is 4.42. The number of nitrogens with one attached hydrogen (secondary N) is 1. The third-order valence-electron chi connectivity index (χ3n) is 2.67. The predicted octanol–water partition coefficient (Wildman–Crippen LogP) is 3.37. The molecule has 1 N–H and O–H groups in total. The number of anilines is 1. The minimum atomic E-state index is -0.181. The second kappa shape index (κ2) is 6.73. The van der Waals surface area contributed by atoms with E-state index < -0.39 is 0 Å². The minimum Gasteiger partial charge on any atom is -0.457 e. The van der Waals surface area contributed by atoms with Gasteiger partial charge in [0, 0.05) is 12.8 Å². The molecule has 0 atom stereocenters. The summed E-state index contributed by atoms with van der Waals surface area (Å²) in [7, 11) is 1.48. The van der Waals surface area contributed by atoms with E-state index in [1.807, 2.05) is 43.3 Å². The van der Waals surface area contributed by atoms with Gasteiger partial charge in [0.15, 0.2) is 0 Å². The van der Waals surface area contributed by atoms with Crippen LogP contribution < -0.4 is 10.1 Å². The van der Waals surface area contributed by atoms with E-state index >= 15 is 0 Å². The molecule has 0 aliphatic carbocycles. The normalized spacial score (nSPS) is 10.1. The Hall–Kier alpha value is -2.33. The van der Waals surface area contributed by atoms with Gasteiger partial charge in [-0.1, -0.05) is 17.7 Å². The van der Waals surface area contributed by atoms with Crippen molar-refractivity contribution in [3.8, 4) is 11.5 Å². The van der Waals surface area contributed by atoms with Crippen LogP contribution in [-0.2, 0) is 9.53 Å². The van der Waals surface area contributed by atoms with Crippen LogP contribution in [0.5, 0.6) is 11.5 Å². The van der Waals surface area contributed by atoms with E-state index in [1.165, 1.54) is 12.7 Å². The second-order valence-corrected chi connectivity index (χ2v) is 4.42. The highest BCUT2D eigenvalue weighted by Crippen LogP contribution is 2.23. The lowest BCUT2D eigenvalue weighted by Gasteiger charge is -2.08. The van der Waals surface area contributed by atoms with Gasteiger partial charge in [0.05, 0.1) is 0 Å². The number of hydrogen-bond donors (Lipinski definition) is 1. The third-order valence-corrected chi connectivity index (χ3v) is 2.67. The smallest absolute Gasteiger partial charge is 0.250 e. The number of benzene rings is 2. The Labute approximate surface area is 118 Å². The first-order chi connectivity index (χ1) is 9.67. The summed E-state index contributed by atoms with van der Waals surface area (Å²) in [6.07, 6.45) is 0. The standard InChI is InChI=1S/C16H17NO3/c1-12-3-7-14(8-4-12)20-15-9-5-13(6-10-15)17-16(18)11-19-2/h3-10H,11H2,1-2H3,(H,17,18). The van der Waals surface area contributed by atoms with Crippen LogP contribution in [0.15, 0.2) is 48.5 Å². The molecule has 0 heterocycles. The topological polar surface area (TPSA) is 47.6 Å². The number of aryl methyl sites for hydroxylation is 1. The number of rotatable bonds is 5. The lowest BCUT2D eigenvalue weighted by Crippen LogP contribution is -2.16. The Bertz CT molecular complexity index is 561. The zero-order chi connectivity index (χ0) is 14.4. The van der Waals surface area contributed by atoms with Crippen LogP contribution in [0.25, 0.3) is 0 Å². The van der Waals surface area contributed by atoms with Crippen molar-refractivity contribution in [2.24, 2.45) is 0 Å². The zero-order valence-corrected chi connectivity index (χ0v) is 11.6. The Kier molecular flexibility index (Phi) is 4.74. The van der Waals surface area contributed by atoms with Gasteiger partial charge in [0.2, 0.25) is 5.91 Å². The quantitative estimate of drug-likeness (QED) is 0.907. The lowest BCUT2D eigenvalue weighted by atomic mass is 10.2. The van der Waals surface area contributed by atoms with E-state index in [0.29, 0.717) is 5.69 Å². The highest BCUT2D eigenvalue weighted by molar-refractivity contribution is 5.91. The first-order valence-corrected chi connectivity index (χ1v) is 6.31. The molecule has 1 amide bonds. The van der Waals surface area contributed by atoms with Gasteiger partial charge in [-0.25, -0.2) is 0 Å². The van der Waals surface area contributed by atoms with Gasteiger partial charge in [-0.3, -0.25) is 4.79 Å². The molecule has 0 aliphatic rings. The third kappa shape index (κ3) is 4.10. The van der Waals surface area contributed by atoms with Crippen LogP contribution in [0, 0.1) is 6.92 Å². The van der Waals surface area contributed by atoms with E-state index in [4.69, 9.17) is 9.47 Å². The molecule has 0 fully saturated rings. The van der Waals surface area contributed by atoms with E-state index in [2.05, 4.69) is 5.32 Å². The maximum Gasteiger partial charge on any atom is 0.250 e. The Balaban J connectivity index is 1.97. The highest BCUT2D eigenvalue weighted by atomic mass is 16.5. The van der Waals surface area contributed by atoms with Crippen molar-refractivity contribution in [3.63, 3.8) is 0 Å². The van der Waals surface area contributed by atoms with Crippen molar-refractivity contribution in [2.75, 3.05) is 19.0 Å². The van der Waals surface area contributed by atoms with Crippen LogP contribution >= 0.6 is 0 Å². The van der Waals surface area contributed by atoms with Gasteiger partial charge in [-0.05, 0) is 43.3 Å². The number of carbonyl (C=O) groups excluding carboxylic acids is 1. The first kappa shape index (κ1) is 14.1. The Morgan fingerprint density at radius 2 is 1.55 bits per heavy atom. The molecule has 2 aromatic rings. The number of carbonyl (C=O) groups is 1. The molecule has 0 spiro atoms. The van der Waals surface area contributed by atoms with Crippen LogP contribution in [0.4, 0.5) is 5.69 Å². The molecule has 4 heteroatoms. The first-order valence-electron chi connectivity index (χ1n) is 6.31. The van der Waals surface area contributed by atoms with Crippen molar-refractivity contribution in [1.82, 2.24) is 0 Å². The minimum absolute atomic E-state index is 0.0433. The van der Waals surface area contributed by atoms with E-state index in [9.17, 15) is 4.79 Å². The van der Waals surface area contributed by atoms with Gasteiger partial charge in [0.1, 0.15) is 18.1 Å². The zero-order valence-electron chi connectivity index (χ0n) is 11.6. The number of ether oxygens (including phenoxy) is 2. The van der Waals surface area contributed by atoms with Crippen molar-refractivity contribution >= 4 is 11.6 Å². The fraction of sp³-hybridized carbons (Fsp3) is 0.188. The molecular formula is C16H17NO3. The molecule has 0 bridgehead atoms. The van der Waals surface area contributed by atoms with Crippen molar-refractivity contribution in [2.45, 2.75) is 6.92 Å². The van der Waals surface area contributed by atoms with Crippen LogP contribution in [-0.4, -0.2) is 19.6 Å². The van der Waals surface area contributed by atoms with Gasteiger partial charge in [-0.15, -0.1) is 0 Å². The van der Waals surface area contributed by atoms with Gasteiger partial charge in [0.25, 0.3) is 0 Å². The molecule has 0 saturated carbocycles. The molecule has 0 aromatic heterocycles. The lowest BCUT2D eigenvalue weighted by molar-refractivity contribution is -0.119. The molecule has 0 aliphatic heterocycles. The summed E-state index contributed by atoms with van der Waals surface area (Å²) in [4.78, 5) is 11.4. The summed E-state index contributed by atoms with van der Waals surface area (Å²) in [5.74, 6) is 1.32. The fourth-order valence-electron chi connectivity index (χ4n) is 1.68. The monoisotopic (exact) mass is 271 g/mol. The molecule has 4 nitrogen and oxygen atoms in total. The summed E-state index contributed by atoms with van der Waals surface area (Å²) >= 11 is 0. The summed E-state index contributed by atoms with van der Waals surface area (Å²) in [5.41, 5.74) is 1.90. The molecular weight excluding hydrogens is 254 g/mol. The largest absolute Gasteiger partial charge is 0.457 e. The SMILES string of the molecule is COCC(=O)Nc1ccc(Oc2ccc(C)cc2)cc1. The average Bonchev–Trinajstić information content (AvgIpc) is 2.44. The number of amides is 1. The molecule has 2 aromatic carbocycles. The van der Waals surface area contributed by atoms with Gasteiger partial charge in [-0.2, -0.15) is 0 Å². The molecule has 20 heavy (non-hydrogen) atoms. The highest BCUT2D eigenvalue weighted by Gasteiger charge is 2.02. The Morgan fingerprint density at radius 1 is 1.00 bits per heavy atom. The van der Waals surface area contributed by atoms with Crippen LogP contribution in [0.3, 0.4) is 0 Å². The van der Waals surface area contributed by atoms with Gasteiger partial charge < -0.3 is 14.8 Å². The maximum atomic E-state index is 11.4. The van der Waals surface area contributed by atoms with Crippen molar-refractivity contribution < 1.29 is 14.3 Å². The average molecular weight is 271 g/mol. The molecule has 0 radical (unpaired) electrons. The van der Waals surface area contributed by atoms with E-state index in [1.54, 1.807) is 12.1 Å².